The van der Waals surface area contributed by atoms with Crippen molar-refractivity contribution in [2.75, 3.05) is 18.5 Å². The van der Waals surface area contributed by atoms with E-state index in [-0.39, 0.29) is 17.7 Å². The second-order valence-corrected chi connectivity index (χ2v) is 5.32. The maximum absolute atomic E-state index is 10.8. The zero-order valence-corrected chi connectivity index (χ0v) is 11.5. The van der Waals surface area contributed by atoms with E-state index in [4.69, 9.17) is 5.84 Å². The molecule has 1 aliphatic rings. The number of anilines is 1. The molecule has 110 valence electrons. The first-order valence-corrected chi connectivity index (χ1v) is 6.65. The number of nitrogens with one attached hydrogen (secondary N) is 1. The molecule has 1 heterocycles. The highest BCUT2D eigenvalue weighted by Gasteiger charge is 2.24. The summed E-state index contributed by atoms with van der Waals surface area (Å²) in [5.74, 6) is 5.57. The minimum atomic E-state index is -0.460. The minimum Gasteiger partial charge on any atom is -0.393 e. The Hall–Kier alpha value is -1.70. The molecule has 7 heteroatoms. The van der Waals surface area contributed by atoms with Crippen molar-refractivity contribution < 1.29 is 10.0 Å². The van der Waals surface area contributed by atoms with Crippen molar-refractivity contribution in [3.8, 4) is 0 Å². The molecule has 1 saturated heterocycles. The SMILES string of the molecule is CC1CN(Cc2ccc([N+](=O)[O-])c(NN)c2)CCC1O. The molecule has 1 aromatic rings. The summed E-state index contributed by atoms with van der Waals surface area (Å²) in [4.78, 5) is 12.6. The Labute approximate surface area is 117 Å². The first-order valence-electron chi connectivity index (χ1n) is 6.65. The predicted octanol–water partition coefficient (Wildman–Crippen LogP) is 1.08. The second-order valence-electron chi connectivity index (χ2n) is 5.32. The number of nitrogen functional groups attached to an aromatic ring is 1. The Morgan fingerprint density at radius 1 is 1.60 bits per heavy atom. The molecule has 2 atom stereocenters. The summed E-state index contributed by atoms with van der Waals surface area (Å²) in [6.07, 6.45) is 0.528. The smallest absolute Gasteiger partial charge is 0.293 e. The molecule has 0 aromatic heterocycles. The van der Waals surface area contributed by atoms with E-state index in [2.05, 4.69) is 10.3 Å². The fraction of sp³-hybridized carbons (Fsp3) is 0.538. The van der Waals surface area contributed by atoms with Gasteiger partial charge < -0.3 is 10.5 Å². The standard InChI is InChI=1S/C13H20N4O3/c1-9-7-16(5-4-13(9)18)8-10-2-3-12(17(19)20)11(6-10)15-14/h2-3,6,9,13,15,18H,4-5,7-8,14H2,1H3. The molecule has 4 N–H and O–H groups in total. The van der Waals surface area contributed by atoms with Crippen molar-refractivity contribution in [1.29, 1.82) is 0 Å². The Morgan fingerprint density at radius 2 is 2.35 bits per heavy atom. The van der Waals surface area contributed by atoms with Gasteiger partial charge >= 0.3 is 0 Å². The third-order valence-electron chi connectivity index (χ3n) is 3.76. The molecule has 1 aliphatic heterocycles. The maximum Gasteiger partial charge on any atom is 0.293 e. The van der Waals surface area contributed by atoms with Crippen LogP contribution in [0, 0.1) is 16.0 Å². The average molecular weight is 280 g/mol. The molecule has 0 aliphatic carbocycles. The van der Waals surface area contributed by atoms with Gasteiger partial charge in [0.2, 0.25) is 0 Å². The first kappa shape index (κ1) is 14.7. The summed E-state index contributed by atoms with van der Waals surface area (Å²) in [7, 11) is 0. The number of hydrogen-bond acceptors (Lipinski definition) is 6. The zero-order chi connectivity index (χ0) is 14.7. The highest BCUT2D eigenvalue weighted by atomic mass is 16.6. The molecule has 1 aromatic carbocycles. The molecule has 2 unspecified atom stereocenters. The number of likely N-dealkylation sites (tertiary alicyclic amines) is 1. The first-order chi connectivity index (χ1) is 9.51. The van der Waals surface area contributed by atoms with Gasteiger partial charge in [0, 0.05) is 25.7 Å². The monoisotopic (exact) mass is 280 g/mol. The molecule has 0 spiro atoms. The molecule has 0 bridgehead atoms. The summed E-state index contributed by atoms with van der Waals surface area (Å²) in [5.41, 5.74) is 3.62. The lowest BCUT2D eigenvalue weighted by atomic mass is 9.96. The van der Waals surface area contributed by atoms with Gasteiger partial charge in [0.1, 0.15) is 5.69 Å². The van der Waals surface area contributed by atoms with E-state index in [1.807, 2.05) is 6.92 Å². The second kappa shape index (κ2) is 6.17. The minimum absolute atomic E-state index is 0.0290. The van der Waals surface area contributed by atoms with Gasteiger partial charge in [0.05, 0.1) is 11.0 Å². The van der Waals surface area contributed by atoms with Gasteiger partial charge in [-0.3, -0.25) is 20.9 Å². The van der Waals surface area contributed by atoms with Gasteiger partial charge in [-0.05, 0) is 24.0 Å². The highest BCUT2D eigenvalue weighted by molar-refractivity contribution is 5.62. The summed E-state index contributed by atoms with van der Waals surface area (Å²) >= 11 is 0. The number of piperidine rings is 1. The van der Waals surface area contributed by atoms with Crippen molar-refractivity contribution in [3.63, 3.8) is 0 Å². The number of hydrazine groups is 1. The largest absolute Gasteiger partial charge is 0.393 e. The van der Waals surface area contributed by atoms with Crippen LogP contribution in [0.1, 0.15) is 18.9 Å². The third-order valence-corrected chi connectivity index (χ3v) is 3.76. The Morgan fingerprint density at radius 3 is 2.95 bits per heavy atom. The van der Waals surface area contributed by atoms with Gasteiger partial charge in [0.25, 0.3) is 5.69 Å². The van der Waals surface area contributed by atoms with Crippen LogP contribution >= 0.6 is 0 Å². The van der Waals surface area contributed by atoms with Gasteiger partial charge in [0.15, 0.2) is 0 Å². The van der Waals surface area contributed by atoms with E-state index in [9.17, 15) is 15.2 Å². The molecule has 1 fully saturated rings. The van der Waals surface area contributed by atoms with Crippen LogP contribution in [0.3, 0.4) is 0 Å². The van der Waals surface area contributed by atoms with E-state index in [0.29, 0.717) is 12.2 Å². The quantitative estimate of drug-likeness (QED) is 0.433. The normalized spacial score (nSPS) is 23.6. The Balaban J connectivity index is 2.08. The highest BCUT2D eigenvalue weighted by Crippen LogP contribution is 2.26. The summed E-state index contributed by atoms with van der Waals surface area (Å²) in [6, 6.07) is 4.91. The van der Waals surface area contributed by atoms with Crippen LogP contribution in [-0.2, 0) is 6.54 Å². The summed E-state index contributed by atoms with van der Waals surface area (Å²) in [5, 5.41) is 20.5. The van der Waals surface area contributed by atoms with Gasteiger partial charge in [-0.1, -0.05) is 13.0 Å². The third kappa shape index (κ3) is 3.24. The van der Waals surface area contributed by atoms with Crippen LogP contribution in [0.15, 0.2) is 18.2 Å². The number of nitro groups is 1. The molecule has 20 heavy (non-hydrogen) atoms. The van der Waals surface area contributed by atoms with Crippen molar-refractivity contribution >= 4 is 11.4 Å². The van der Waals surface area contributed by atoms with Gasteiger partial charge in [-0.15, -0.1) is 0 Å². The zero-order valence-electron chi connectivity index (χ0n) is 11.5. The van der Waals surface area contributed by atoms with Crippen molar-refractivity contribution in [1.82, 2.24) is 4.90 Å². The molecule has 0 amide bonds. The number of nitrogens with two attached hydrogens (primary N) is 1. The van der Waals surface area contributed by atoms with Gasteiger partial charge in [-0.25, -0.2) is 0 Å². The van der Waals surface area contributed by atoms with E-state index in [1.54, 1.807) is 12.1 Å². The number of aliphatic hydroxyl groups excluding tert-OH is 1. The van der Waals surface area contributed by atoms with Crippen LogP contribution in [0.5, 0.6) is 0 Å². The van der Waals surface area contributed by atoms with Crippen molar-refractivity contribution in [2.24, 2.45) is 11.8 Å². The van der Waals surface area contributed by atoms with Crippen LogP contribution < -0.4 is 11.3 Å². The van der Waals surface area contributed by atoms with Crippen LogP contribution in [-0.4, -0.2) is 34.1 Å². The number of nitro benzene ring substituents is 1. The number of rotatable bonds is 4. The topological polar surface area (TPSA) is 105 Å². The molecule has 0 saturated carbocycles. The van der Waals surface area contributed by atoms with Crippen molar-refractivity contribution in [2.45, 2.75) is 26.0 Å². The molecule has 2 rings (SSSR count). The number of hydrogen-bond donors (Lipinski definition) is 3. The number of aliphatic hydroxyl groups is 1. The van der Waals surface area contributed by atoms with Crippen LogP contribution in [0.2, 0.25) is 0 Å². The average Bonchev–Trinajstić information content (AvgIpc) is 2.42. The van der Waals surface area contributed by atoms with E-state index in [0.717, 1.165) is 25.1 Å². The lowest BCUT2D eigenvalue weighted by molar-refractivity contribution is -0.384. The Kier molecular flexibility index (Phi) is 4.53. The van der Waals surface area contributed by atoms with Crippen molar-refractivity contribution in [3.05, 3.63) is 33.9 Å². The maximum atomic E-state index is 10.8. The van der Waals surface area contributed by atoms with Crippen LogP contribution in [0.25, 0.3) is 0 Å². The van der Waals surface area contributed by atoms with E-state index in [1.165, 1.54) is 6.07 Å². The van der Waals surface area contributed by atoms with E-state index >= 15 is 0 Å². The Bertz CT molecular complexity index is 495. The van der Waals surface area contributed by atoms with Crippen LogP contribution in [0.4, 0.5) is 11.4 Å². The molecular weight excluding hydrogens is 260 g/mol. The number of benzene rings is 1. The lowest BCUT2D eigenvalue weighted by Gasteiger charge is -2.34. The molecule has 7 nitrogen and oxygen atoms in total. The molecular formula is C13H20N4O3. The molecule has 0 radical (unpaired) electrons. The summed E-state index contributed by atoms with van der Waals surface area (Å²) in [6.45, 7) is 4.38. The van der Waals surface area contributed by atoms with E-state index < -0.39 is 4.92 Å². The fourth-order valence-electron chi connectivity index (χ4n) is 2.58. The lowest BCUT2D eigenvalue weighted by Crippen LogP contribution is -2.41. The summed E-state index contributed by atoms with van der Waals surface area (Å²) < 4.78 is 0. The number of nitrogens with zero attached hydrogens (tertiary/aromatic N) is 2. The fourth-order valence-corrected chi connectivity index (χ4v) is 2.58. The predicted molar refractivity (Wildman–Crippen MR) is 76.0 cm³/mol. The van der Waals surface area contributed by atoms with Gasteiger partial charge in [-0.2, -0.15) is 0 Å².